The van der Waals surface area contributed by atoms with Crippen molar-refractivity contribution in [1.82, 2.24) is 0 Å². The van der Waals surface area contributed by atoms with Gasteiger partial charge >= 0.3 is 165 Å². The van der Waals surface area contributed by atoms with Crippen molar-refractivity contribution in [2.45, 2.75) is 0 Å². The van der Waals surface area contributed by atoms with Crippen LogP contribution in [0.25, 0.3) is 0 Å². The molecule has 4 rings (SSSR count). The van der Waals surface area contributed by atoms with Gasteiger partial charge in [-0.1, -0.05) is 0 Å². The molecule has 0 saturated heterocycles. The van der Waals surface area contributed by atoms with Crippen molar-refractivity contribution in [3.8, 4) is 0 Å². The Kier molecular flexibility index (Phi) is 5.14. The molecular formula is C24H19ClSn. The van der Waals surface area contributed by atoms with Crippen molar-refractivity contribution < 1.29 is 0 Å². The fourth-order valence-corrected chi connectivity index (χ4v) is 17.4. The van der Waals surface area contributed by atoms with Gasteiger partial charge in [0, 0.05) is 0 Å². The number of hydrogen-bond donors (Lipinski definition) is 0. The molecule has 0 fully saturated rings. The van der Waals surface area contributed by atoms with Gasteiger partial charge in [0.2, 0.25) is 0 Å². The molecule has 126 valence electrons. The molecule has 2 heteroatoms. The second-order valence-corrected chi connectivity index (χ2v) is 17.7. The molecule has 0 spiro atoms. The van der Waals surface area contributed by atoms with Crippen molar-refractivity contribution in [3.63, 3.8) is 0 Å². The molecule has 0 bridgehead atoms. The van der Waals surface area contributed by atoms with Gasteiger partial charge in [-0.05, 0) is 0 Å². The van der Waals surface area contributed by atoms with E-state index in [0.29, 0.717) is 0 Å². The summed E-state index contributed by atoms with van der Waals surface area (Å²) in [5.41, 5.74) is 0. The van der Waals surface area contributed by atoms with E-state index in [1.54, 1.807) is 0 Å². The summed E-state index contributed by atoms with van der Waals surface area (Å²) >= 11 is 2.82. The van der Waals surface area contributed by atoms with Gasteiger partial charge in [0.15, 0.2) is 0 Å². The first-order valence-electron chi connectivity index (χ1n) is 8.74. The average Bonchev–Trinajstić information content (AvgIpc) is 2.72. The number of halogens is 1. The van der Waals surface area contributed by atoms with Gasteiger partial charge in [0.25, 0.3) is 0 Å². The van der Waals surface area contributed by atoms with E-state index in [4.69, 9.17) is 11.6 Å². The van der Waals surface area contributed by atoms with Gasteiger partial charge in [0.05, 0.1) is 0 Å². The van der Waals surface area contributed by atoms with E-state index in [2.05, 4.69) is 103 Å². The molecule has 0 aromatic heterocycles. The van der Waals surface area contributed by atoms with Crippen LogP contribution in [0.1, 0.15) is 0 Å². The fraction of sp³-hybridized carbons (Fsp3) is 0. The first kappa shape index (κ1) is 17.4. The van der Waals surface area contributed by atoms with Crippen LogP contribution < -0.4 is 14.3 Å². The SMILES string of the molecule is Clc1cc[c]([Sn]([c]2ccccc2)([c]2ccccc2)[c]2ccccc2)cc1. The molecule has 4 aromatic carbocycles. The minimum absolute atomic E-state index is 0.781. The van der Waals surface area contributed by atoms with Crippen molar-refractivity contribution in [2.24, 2.45) is 0 Å². The molecule has 0 aliphatic heterocycles. The van der Waals surface area contributed by atoms with Gasteiger partial charge in [-0.3, -0.25) is 0 Å². The maximum absolute atomic E-state index is 6.22. The molecule has 0 saturated carbocycles. The third-order valence-electron chi connectivity index (χ3n) is 4.90. The Labute approximate surface area is 164 Å². The third kappa shape index (κ3) is 3.08. The van der Waals surface area contributed by atoms with Crippen LogP contribution in [0, 0.1) is 0 Å². The zero-order valence-corrected chi connectivity index (χ0v) is 18.0. The second kappa shape index (κ2) is 7.69. The fourth-order valence-electron chi connectivity index (χ4n) is 3.76. The molecule has 4 aromatic rings. The Morgan fingerprint density at radius 1 is 0.385 bits per heavy atom. The zero-order chi connectivity index (χ0) is 17.8. The summed E-state index contributed by atoms with van der Waals surface area (Å²) in [5.74, 6) is 0. The first-order chi connectivity index (χ1) is 12.8. The molecule has 0 amide bonds. The van der Waals surface area contributed by atoms with Gasteiger partial charge in [-0.15, -0.1) is 0 Å². The zero-order valence-electron chi connectivity index (χ0n) is 14.3. The molecular weight excluding hydrogens is 442 g/mol. The van der Waals surface area contributed by atoms with Gasteiger partial charge in [-0.2, -0.15) is 0 Å². The van der Waals surface area contributed by atoms with Crippen molar-refractivity contribution in [3.05, 3.63) is 120 Å². The van der Waals surface area contributed by atoms with Gasteiger partial charge < -0.3 is 0 Å². The Morgan fingerprint density at radius 2 is 0.692 bits per heavy atom. The predicted molar refractivity (Wildman–Crippen MR) is 115 cm³/mol. The maximum atomic E-state index is 6.22. The summed E-state index contributed by atoms with van der Waals surface area (Å²) in [7, 11) is 0. The van der Waals surface area contributed by atoms with Gasteiger partial charge in [0.1, 0.15) is 0 Å². The number of hydrogen-bond acceptors (Lipinski definition) is 0. The van der Waals surface area contributed by atoms with Crippen LogP contribution in [-0.2, 0) is 0 Å². The van der Waals surface area contributed by atoms with E-state index in [9.17, 15) is 0 Å². The standard InChI is InChI=1S/C6H4Cl.3C6H5.Sn/c7-6-4-2-1-3-5-6;3*1-2-4-6-5-3-1;/h2-5H;3*1-5H;. The normalized spacial score (nSPS) is 11.3. The van der Waals surface area contributed by atoms with Crippen molar-refractivity contribution >= 4 is 44.3 Å². The van der Waals surface area contributed by atoms with E-state index >= 15 is 0 Å². The summed E-state index contributed by atoms with van der Waals surface area (Å²) in [6, 6.07) is 41.5. The molecule has 26 heavy (non-hydrogen) atoms. The molecule has 0 nitrogen and oxygen atoms in total. The minimum atomic E-state index is -3.40. The topological polar surface area (TPSA) is 0 Å². The molecule has 0 aliphatic rings. The Hall–Kier alpha value is -2.03. The van der Waals surface area contributed by atoms with E-state index in [-0.39, 0.29) is 0 Å². The Balaban J connectivity index is 2.12. The molecule has 0 N–H and O–H groups in total. The summed E-state index contributed by atoms with van der Waals surface area (Å²) in [5, 5.41) is 0.781. The summed E-state index contributed by atoms with van der Waals surface area (Å²) < 4.78 is 5.75. The van der Waals surface area contributed by atoms with Crippen LogP contribution in [-0.4, -0.2) is 18.4 Å². The Morgan fingerprint density at radius 3 is 1.04 bits per heavy atom. The Bertz CT molecular complexity index is 868. The molecule has 0 radical (unpaired) electrons. The van der Waals surface area contributed by atoms with Crippen LogP contribution in [0.2, 0.25) is 5.02 Å². The molecule has 0 unspecified atom stereocenters. The monoisotopic (exact) mass is 462 g/mol. The number of benzene rings is 4. The third-order valence-corrected chi connectivity index (χ3v) is 18.8. The van der Waals surface area contributed by atoms with Crippen LogP contribution in [0.4, 0.5) is 0 Å². The molecule has 0 heterocycles. The van der Waals surface area contributed by atoms with E-state index in [1.807, 2.05) is 12.1 Å². The van der Waals surface area contributed by atoms with Crippen molar-refractivity contribution in [1.29, 1.82) is 0 Å². The summed E-state index contributed by atoms with van der Waals surface area (Å²) in [6.07, 6.45) is 0. The molecule has 0 atom stereocenters. The molecule has 0 aliphatic carbocycles. The average molecular weight is 462 g/mol. The van der Waals surface area contributed by atoms with Gasteiger partial charge in [-0.25, -0.2) is 0 Å². The van der Waals surface area contributed by atoms with Crippen LogP contribution in [0.15, 0.2) is 115 Å². The second-order valence-electron chi connectivity index (χ2n) is 6.35. The van der Waals surface area contributed by atoms with Crippen LogP contribution >= 0.6 is 11.6 Å². The van der Waals surface area contributed by atoms with Crippen molar-refractivity contribution in [2.75, 3.05) is 0 Å². The van der Waals surface area contributed by atoms with Crippen LogP contribution in [0.3, 0.4) is 0 Å². The summed E-state index contributed by atoms with van der Waals surface area (Å²) in [4.78, 5) is 0. The number of rotatable bonds is 4. The predicted octanol–water partition coefficient (Wildman–Crippen LogP) is 3.72. The van der Waals surface area contributed by atoms with E-state index < -0.39 is 18.4 Å². The van der Waals surface area contributed by atoms with E-state index in [0.717, 1.165) is 5.02 Å². The quantitative estimate of drug-likeness (QED) is 0.407. The van der Waals surface area contributed by atoms with E-state index in [1.165, 1.54) is 14.3 Å². The van der Waals surface area contributed by atoms with Crippen LogP contribution in [0.5, 0.6) is 0 Å². The summed E-state index contributed by atoms with van der Waals surface area (Å²) in [6.45, 7) is 0. The first-order valence-corrected chi connectivity index (χ1v) is 14.8.